The van der Waals surface area contributed by atoms with Gasteiger partial charge in [-0.1, -0.05) is 0 Å². The summed E-state index contributed by atoms with van der Waals surface area (Å²) in [4.78, 5) is 0. The third kappa shape index (κ3) is 2.84. The molecule has 0 fully saturated rings. The highest BCUT2D eigenvalue weighted by atomic mass is 79.9. The Balaban J connectivity index is 1.87. The van der Waals surface area contributed by atoms with Crippen LogP contribution >= 0.6 is 27.3 Å². The summed E-state index contributed by atoms with van der Waals surface area (Å²) in [5.74, 6) is 0. The van der Waals surface area contributed by atoms with Crippen molar-refractivity contribution < 1.29 is 8.42 Å². The molecular formula is C13H13BrN2O2S2. The van der Waals surface area contributed by atoms with Crippen LogP contribution in [0.3, 0.4) is 0 Å². The standard InChI is InChI=1S/C13H13BrN2O2S2/c14-12-5-6-13(19-12)20(17,18)16-10-3-4-11-9(8-10)2-1-7-15-11/h3-6,8,15-16H,1-2,7H2. The van der Waals surface area contributed by atoms with Gasteiger partial charge < -0.3 is 5.32 Å². The third-order valence-corrected chi connectivity index (χ3v) is 6.61. The van der Waals surface area contributed by atoms with Gasteiger partial charge >= 0.3 is 0 Å². The summed E-state index contributed by atoms with van der Waals surface area (Å²) in [5.41, 5.74) is 2.86. The van der Waals surface area contributed by atoms with Gasteiger partial charge in [0.15, 0.2) is 0 Å². The van der Waals surface area contributed by atoms with Crippen molar-refractivity contribution in [1.82, 2.24) is 0 Å². The Morgan fingerprint density at radius 2 is 2.10 bits per heavy atom. The number of thiophene rings is 1. The normalized spacial score (nSPS) is 14.4. The maximum Gasteiger partial charge on any atom is 0.271 e. The van der Waals surface area contributed by atoms with Crippen molar-refractivity contribution in [2.75, 3.05) is 16.6 Å². The molecule has 2 aromatic rings. The van der Waals surface area contributed by atoms with Crippen LogP contribution in [0.15, 0.2) is 38.3 Å². The van der Waals surface area contributed by atoms with Gasteiger partial charge in [0, 0.05) is 17.9 Å². The molecule has 3 rings (SSSR count). The SMILES string of the molecule is O=S(=O)(Nc1ccc2c(c1)CCCN2)c1ccc(Br)s1. The Bertz CT molecular complexity index is 741. The molecule has 20 heavy (non-hydrogen) atoms. The lowest BCUT2D eigenvalue weighted by Gasteiger charge is -2.18. The number of halogens is 1. The Labute approximate surface area is 130 Å². The van der Waals surface area contributed by atoms with Gasteiger partial charge in [0.25, 0.3) is 10.0 Å². The maximum absolute atomic E-state index is 12.2. The molecule has 0 radical (unpaired) electrons. The fourth-order valence-corrected chi connectivity index (χ4v) is 5.25. The van der Waals surface area contributed by atoms with Crippen molar-refractivity contribution in [2.45, 2.75) is 17.1 Å². The summed E-state index contributed by atoms with van der Waals surface area (Å²) in [5, 5.41) is 3.31. The lowest BCUT2D eigenvalue weighted by Crippen LogP contribution is -2.14. The number of nitrogens with one attached hydrogen (secondary N) is 2. The van der Waals surface area contributed by atoms with Gasteiger partial charge in [-0.3, -0.25) is 4.72 Å². The van der Waals surface area contributed by atoms with Gasteiger partial charge in [-0.2, -0.15) is 0 Å². The van der Waals surface area contributed by atoms with Crippen LogP contribution in [-0.2, 0) is 16.4 Å². The minimum Gasteiger partial charge on any atom is -0.385 e. The predicted molar refractivity (Wildman–Crippen MR) is 86.1 cm³/mol. The topological polar surface area (TPSA) is 58.2 Å². The first kappa shape index (κ1) is 13.9. The number of rotatable bonds is 3. The highest BCUT2D eigenvalue weighted by Gasteiger charge is 2.17. The van der Waals surface area contributed by atoms with E-state index in [9.17, 15) is 8.42 Å². The summed E-state index contributed by atoms with van der Waals surface area (Å²) in [6, 6.07) is 8.95. The monoisotopic (exact) mass is 372 g/mol. The lowest BCUT2D eigenvalue weighted by molar-refractivity contribution is 0.603. The quantitative estimate of drug-likeness (QED) is 0.863. The van der Waals surface area contributed by atoms with Crippen molar-refractivity contribution in [1.29, 1.82) is 0 Å². The average Bonchev–Trinajstić information content (AvgIpc) is 2.86. The molecule has 2 heterocycles. The number of benzene rings is 1. The van der Waals surface area contributed by atoms with E-state index in [1.807, 2.05) is 12.1 Å². The third-order valence-electron chi connectivity index (χ3n) is 3.11. The van der Waals surface area contributed by atoms with E-state index in [2.05, 4.69) is 26.0 Å². The first-order chi connectivity index (χ1) is 9.54. The second kappa shape index (κ2) is 5.38. The molecule has 1 aliphatic heterocycles. The van der Waals surface area contributed by atoms with Crippen molar-refractivity contribution in [3.8, 4) is 0 Å². The van der Waals surface area contributed by atoms with Gasteiger partial charge in [-0.15, -0.1) is 11.3 Å². The van der Waals surface area contributed by atoms with Crippen LogP contribution in [0.5, 0.6) is 0 Å². The number of anilines is 2. The van der Waals surface area contributed by atoms with Crippen LogP contribution < -0.4 is 10.0 Å². The molecule has 0 atom stereocenters. The molecule has 0 amide bonds. The van der Waals surface area contributed by atoms with Gasteiger partial charge in [0.2, 0.25) is 0 Å². The Hall–Kier alpha value is -1.05. The van der Waals surface area contributed by atoms with E-state index in [1.165, 1.54) is 11.3 Å². The first-order valence-electron chi connectivity index (χ1n) is 6.19. The molecule has 0 bridgehead atoms. The largest absolute Gasteiger partial charge is 0.385 e. The lowest BCUT2D eigenvalue weighted by atomic mass is 10.0. The van der Waals surface area contributed by atoms with E-state index in [4.69, 9.17) is 0 Å². The molecule has 0 spiro atoms. The van der Waals surface area contributed by atoms with Crippen LogP contribution in [0.4, 0.5) is 11.4 Å². The van der Waals surface area contributed by atoms with Crippen LogP contribution in [-0.4, -0.2) is 15.0 Å². The van der Waals surface area contributed by atoms with Crippen molar-refractivity contribution in [3.05, 3.63) is 39.7 Å². The van der Waals surface area contributed by atoms with Gasteiger partial charge in [-0.05, 0) is 64.7 Å². The molecule has 4 nitrogen and oxygen atoms in total. The van der Waals surface area contributed by atoms with Crippen molar-refractivity contribution in [3.63, 3.8) is 0 Å². The minimum absolute atomic E-state index is 0.306. The maximum atomic E-state index is 12.2. The van der Waals surface area contributed by atoms with Crippen LogP contribution in [0.25, 0.3) is 0 Å². The van der Waals surface area contributed by atoms with E-state index < -0.39 is 10.0 Å². The highest BCUT2D eigenvalue weighted by Crippen LogP contribution is 2.29. The van der Waals surface area contributed by atoms with E-state index in [1.54, 1.807) is 18.2 Å². The molecule has 2 N–H and O–H groups in total. The number of aryl methyl sites for hydroxylation is 1. The summed E-state index contributed by atoms with van der Waals surface area (Å²) < 4.78 is 28.2. The van der Waals surface area contributed by atoms with Crippen LogP contribution in [0.2, 0.25) is 0 Å². The summed E-state index contributed by atoms with van der Waals surface area (Å²) in [7, 11) is -3.50. The number of fused-ring (bicyclic) bond motifs is 1. The zero-order valence-corrected chi connectivity index (χ0v) is 13.7. The van der Waals surface area contributed by atoms with E-state index >= 15 is 0 Å². The Kier molecular flexibility index (Phi) is 3.74. The molecule has 0 aliphatic carbocycles. The molecular weight excluding hydrogens is 360 g/mol. The number of hydrogen-bond donors (Lipinski definition) is 2. The van der Waals surface area contributed by atoms with Crippen LogP contribution in [0.1, 0.15) is 12.0 Å². The highest BCUT2D eigenvalue weighted by molar-refractivity contribution is 9.11. The molecule has 7 heteroatoms. The predicted octanol–water partition coefficient (Wildman–Crippen LogP) is 3.67. The molecule has 0 saturated carbocycles. The zero-order chi connectivity index (χ0) is 14.2. The first-order valence-corrected chi connectivity index (χ1v) is 9.29. The fraction of sp³-hybridized carbons (Fsp3) is 0.231. The zero-order valence-electron chi connectivity index (χ0n) is 10.5. The van der Waals surface area contributed by atoms with Crippen LogP contribution in [0, 0.1) is 0 Å². The molecule has 1 aliphatic rings. The molecule has 0 unspecified atom stereocenters. The molecule has 1 aromatic heterocycles. The van der Waals surface area contributed by atoms with Crippen molar-refractivity contribution >= 4 is 48.7 Å². The number of hydrogen-bond acceptors (Lipinski definition) is 4. The molecule has 0 saturated heterocycles. The summed E-state index contributed by atoms with van der Waals surface area (Å²) in [6.45, 7) is 0.974. The smallest absolute Gasteiger partial charge is 0.271 e. The van der Waals surface area contributed by atoms with Gasteiger partial charge in [0.1, 0.15) is 4.21 Å². The Morgan fingerprint density at radius 1 is 1.25 bits per heavy atom. The van der Waals surface area contributed by atoms with E-state index in [0.29, 0.717) is 9.90 Å². The second-order valence-corrected chi connectivity index (χ2v) is 8.94. The summed E-state index contributed by atoms with van der Waals surface area (Å²) >= 11 is 4.47. The fourth-order valence-electron chi connectivity index (χ4n) is 2.19. The summed E-state index contributed by atoms with van der Waals surface area (Å²) in [6.07, 6.45) is 2.05. The average molecular weight is 373 g/mol. The second-order valence-electron chi connectivity index (χ2n) is 4.57. The molecule has 1 aromatic carbocycles. The van der Waals surface area contributed by atoms with E-state index in [-0.39, 0.29) is 0 Å². The van der Waals surface area contributed by atoms with E-state index in [0.717, 1.165) is 34.4 Å². The molecule has 106 valence electrons. The van der Waals surface area contributed by atoms with Gasteiger partial charge in [-0.25, -0.2) is 8.42 Å². The number of sulfonamides is 1. The van der Waals surface area contributed by atoms with Crippen molar-refractivity contribution in [2.24, 2.45) is 0 Å². The minimum atomic E-state index is -3.50. The Morgan fingerprint density at radius 3 is 2.85 bits per heavy atom. The van der Waals surface area contributed by atoms with Gasteiger partial charge in [0.05, 0.1) is 3.79 Å².